The molecule has 0 spiro atoms. The van der Waals surface area contributed by atoms with Crippen LogP contribution in [0.5, 0.6) is 0 Å². The second-order valence-electron chi connectivity index (χ2n) is 6.25. The van der Waals surface area contributed by atoms with Crippen LogP contribution in [0.2, 0.25) is 0 Å². The second kappa shape index (κ2) is 9.33. The summed E-state index contributed by atoms with van der Waals surface area (Å²) in [5.74, 6) is -0.703. The first kappa shape index (κ1) is 20.5. The van der Waals surface area contributed by atoms with E-state index in [0.29, 0.717) is 12.2 Å². The first-order valence-corrected chi connectivity index (χ1v) is 9.90. The van der Waals surface area contributed by atoms with Crippen LogP contribution in [0.3, 0.4) is 0 Å². The molecule has 0 aliphatic heterocycles. The number of nitrogens with one attached hydrogen (secondary N) is 2. The molecule has 150 valence electrons. The summed E-state index contributed by atoms with van der Waals surface area (Å²) in [6.07, 6.45) is 0.738. The maximum Gasteiger partial charge on any atom is 0.338 e. The summed E-state index contributed by atoms with van der Waals surface area (Å²) in [6, 6.07) is 11.3. The molecule has 0 saturated heterocycles. The van der Waals surface area contributed by atoms with E-state index in [-0.39, 0.29) is 33.4 Å². The van der Waals surface area contributed by atoms with Crippen LogP contribution in [0.4, 0.5) is 0 Å². The van der Waals surface area contributed by atoms with Crippen LogP contribution >= 0.6 is 11.8 Å². The van der Waals surface area contributed by atoms with Gasteiger partial charge in [0.25, 0.3) is 5.56 Å². The van der Waals surface area contributed by atoms with Gasteiger partial charge in [-0.15, -0.1) is 0 Å². The molecule has 0 radical (unpaired) electrons. The zero-order valence-electron chi connectivity index (χ0n) is 16.0. The van der Waals surface area contributed by atoms with E-state index in [1.54, 1.807) is 6.92 Å². The normalized spacial score (nSPS) is 10.7. The largest absolute Gasteiger partial charge is 0.465 e. The number of esters is 1. The molecule has 3 rings (SSSR count). The third kappa shape index (κ3) is 5.20. The van der Waals surface area contributed by atoms with E-state index in [1.165, 1.54) is 13.2 Å². The fraction of sp³-hybridized carbons (Fsp3) is 0.250. The van der Waals surface area contributed by atoms with Gasteiger partial charge in [-0.2, -0.15) is 0 Å². The highest BCUT2D eigenvalue weighted by atomic mass is 32.2. The Labute approximate surface area is 171 Å². The van der Waals surface area contributed by atoms with Crippen molar-refractivity contribution in [3.8, 4) is 0 Å². The second-order valence-corrected chi connectivity index (χ2v) is 7.21. The summed E-state index contributed by atoms with van der Waals surface area (Å²) in [5, 5.41) is 3.17. The van der Waals surface area contributed by atoms with Crippen molar-refractivity contribution in [1.29, 1.82) is 0 Å². The van der Waals surface area contributed by atoms with Crippen molar-refractivity contribution in [2.45, 2.75) is 18.5 Å². The zero-order valence-corrected chi connectivity index (χ0v) is 16.8. The van der Waals surface area contributed by atoms with Crippen LogP contribution in [0, 0.1) is 6.92 Å². The minimum atomic E-state index is -0.633. The predicted molar refractivity (Wildman–Crippen MR) is 110 cm³/mol. The highest BCUT2D eigenvalue weighted by molar-refractivity contribution is 7.99. The Kier molecular flexibility index (Phi) is 6.61. The van der Waals surface area contributed by atoms with Gasteiger partial charge in [-0.3, -0.25) is 9.59 Å². The van der Waals surface area contributed by atoms with Gasteiger partial charge < -0.3 is 15.0 Å². The molecule has 0 unspecified atom stereocenters. The number of thioether (sulfide) groups is 1. The van der Waals surface area contributed by atoms with E-state index in [0.717, 1.165) is 23.7 Å². The topological polar surface area (TPSA) is 114 Å². The number of nitrogens with zero attached hydrogens (tertiary/aromatic N) is 2. The molecule has 0 bridgehead atoms. The molecule has 1 aromatic carbocycles. The molecule has 0 atom stereocenters. The molecule has 0 aliphatic rings. The lowest BCUT2D eigenvalue weighted by molar-refractivity contribution is -0.118. The predicted octanol–water partition coefficient (Wildman–Crippen LogP) is 1.86. The summed E-state index contributed by atoms with van der Waals surface area (Å²) in [4.78, 5) is 47.6. The molecular formula is C20H20N4O4S. The number of benzene rings is 1. The number of aryl methyl sites for hydroxylation is 1. The number of aromatic amines is 1. The van der Waals surface area contributed by atoms with Gasteiger partial charge >= 0.3 is 5.97 Å². The van der Waals surface area contributed by atoms with Crippen molar-refractivity contribution in [2.24, 2.45) is 0 Å². The van der Waals surface area contributed by atoms with Crippen molar-refractivity contribution in [2.75, 3.05) is 19.4 Å². The number of aromatic nitrogens is 3. The van der Waals surface area contributed by atoms with Crippen LogP contribution in [0.1, 0.15) is 21.6 Å². The number of carbonyl (C=O) groups excluding carboxylic acids is 2. The van der Waals surface area contributed by atoms with E-state index in [1.807, 2.05) is 30.3 Å². The number of rotatable bonds is 7. The van der Waals surface area contributed by atoms with E-state index in [9.17, 15) is 14.4 Å². The molecule has 0 fully saturated rings. The molecule has 2 aromatic heterocycles. The van der Waals surface area contributed by atoms with Gasteiger partial charge in [-0.1, -0.05) is 42.1 Å². The SMILES string of the molecule is COC(=O)c1cc(C)nc2nc(SCC(=O)NCCc3ccccc3)[nH]c(=O)c12. The highest BCUT2D eigenvalue weighted by Crippen LogP contribution is 2.18. The van der Waals surface area contributed by atoms with Crippen molar-refractivity contribution in [3.05, 3.63) is 63.6 Å². The summed E-state index contributed by atoms with van der Waals surface area (Å²) in [7, 11) is 1.24. The number of H-pyrrole nitrogens is 1. The number of hydrogen-bond acceptors (Lipinski definition) is 7. The number of carbonyl (C=O) groups is 2. The standard InChI is InChI=1S/C20H20N4O4S/c1-12-10-14(19(27)28-2)16-17(22-12)23-20(24-18(16)26)29-11-15(25)21-9-8-13-6-4-3-5-7-13/h3-7,10H,8-9,11H2,1-2H3,(H,21,25)(H,22,23,24,26). The Bertz CT molecular complexity index is 1100. The van der Waals surface area contributed by atoms with Gasteiger partial charge in [-0.05, 0) is 25.0 Å². The van der Waals surface area contributed by atoms with E-state index < -0.39 is 11.5 Å². The quantitative estimate of drug-likeness (QED) is 0.346. The molecule has 2 N–H and O–H groups in total. The third-order valence-corrected chi connectivity index (χ3v) is 4.98. The number of ether oxygens (including phenoxy) is 1. The number of amides is 1. The molecule has 0 aliphatic carbocycles. The minimum Gasteiger partial charge on any atom is -0.465 e. The van der Waals surface area contributed by atoms with Crippen LogP contribution in [-0.4, -0.2) is 46.2 Å². The molecule has 1 amide bonds. The molecule has 3 aromatic rings. The Morgan fingerprint density at radius 2 is 1.97 bits per heavy atom. The molecule has 0 saturated carbocycles. The Hall–Kier alpha value is -3.20. The van der Waals surface area contributed by atoms with Gasteiger partial charge in [-0.25, -0.2) is 14.8 Å². The number of fused-ring (bicyclic) bond motifs is 1. The van der Waals surface area contributed by atoms with E-state index >= 15 is 0 Å². The van der Waals surface area contributed by atoms with Gasteiger partial charge in [0.05, 0.1) is 23.8 Å². The lowest BCUT2D eigenvalue weighted by Crippen LogP contribution is -2.27. The smallest absolute Gasteiger partial charge is 0.338 e. The molecule has 9 heteroatoms. The van der Waals surface area contributed by atoms with E-state index in [4.69, 9.17) is 4.74 Å². The molecule has 29 heavy (non-hydrogen) atoms. The van der Waals surface area contributed by atoms with Gasteiger partial charge in [0, 0.05) is 12.2 Å². The average molecular weight is 412 g/mol. The van der Waals surface area contributed by atoms with Crippen molar-refractivity contribution in [1.82, 2.24) is 20.3 Å². The van der Waals surface area contributed by atoms with Crippen LogP contribution < -0.4 is 10.9 Å². The number of hydrogen-bond donors (Lipinski definition) is 2. The maximum atomic E-state index is 12.5. The van der Waals surface area contributed by atoms with Gasteiger partial charge in [0.2, 0.25) is 5.91 Å². The number of pyridine rings is 1. The van der Waals surface area contributed by atoms with Crippen molar-refractivity contribution >= 4 is 34.7 Å². The Morgan fingerprint density at radius 1 is 1.21 bits per heavy atom. The molecule has 8 nitrogen and oxygen atoms in total. The zero-order chi connectivity index (χ0) is 20.8. The van der Waals surface area contributed by atoms with Crippen LogP contribution in [0.25, 0.3) is 11.0 Å². The summed E-state index contributed by atoms with van der Waals surface area (Å²) >= 11 is 1.09. The lowest BCUT2D eigenvalue weighted by atomic mass is 10.1. The average Bonchev–Trinajstić information content (AvgIpc) is 2.71. The van der Waals surface area contributed by atoms with Crippen LogP contribution in [-0.2, 0) is 16.0 Å². The van der Waals surface area contributed by atoms with Crippen molar-refractivity contribution in [3.63, 3.8) is 0 Å². The monoisotopic (exact) mass is 412 g/mol. The van der Waals surface area contributed by atoms with E-state index in [2.05, 4.69) is 20.3 Å². The van der Waals surface area contributed by atoms with Crippen LogP contribution in [0.15, 0.2) is 46.3 Å². The number of methoxy groups -OCH3 is 1. The summed E-state index contributed by atoms with van der Waals surface area (Å²) in [6.45, 7) is 2.22. The Morgan fingerprint density at radius 3 is 2.69 bits per heavy atom. The fourth-order valence-electron chi connectivity index (χ4n) is 2.76. The minimum absolute atomic E-state index is 0.0686. The maximum absolute atomic E-state index is 12.5. The molecular weight excluding hydrogens is 392 g/mol. The third-order valence-electron chi connectivity index (χ3n) is 4.11. The Balaban J connectivity index is 1.67. The fourth-order valence-corrected chi connectivity index (χ4v) is 3.45. The first-order valence-electron chi connectivity index (χ1n) is 8.91. The first-order chi connectivity index (χ1) is 14.0. The molecule has 2 heterocycles. The summed E-state index contributed by atoms with van der Waals surface area (Å²) in [5.41, 5.74) is 1.42. The lowest BCUT2D eigenvalue weighted by Gasteiger charge is -2.07. The highest BCUT2D eigenvalue weighted by Gasteiger charge is 2.17. The van der Waals surface area contributed by atoms with Gasteiger partial charge in [0.15, 0.2) is 10.8 Å². The van der Waals surface area contributed by atoms with Gasteiger partial charge in [0.1, 0.15) is 0 Å². The van der Waals surface area contributed by atoms with Crippen molar-refractivity contribution < 1.29 is 14.3 Å². The summed E-state index contributed by atoms with van der Waals surface area (Å²) < 4.78 is 4.73.